The van der Waals surface area contributed by atoms with E-state index in [0.29, 0.717) is 13.2 Å². The quantitative estimate of drug-likeness (QED) is 0.905. The molecule has 1 aromatic carbocycles. The zero-order chi connectivity index (χ0) is 13.8. The molecule has 1 saturated heterocycles. The molecule has 1 aliphatic rings. The Hall–Kier alpha value is -1.39. The first-order valence-corrected chi connectivity index (χ1v) is 6.71. The molecule has 1 aliphatic heterocycles. The Morgan fingerprint density at radius 2 is 2.21 bits per heavy atom. The summed E-state index contributed by atoms with van der Waals surface area (Å²) in [6, 6.07) is 8.49. The molecule has 4 heteroatoms. The first kappa shape index (κ1) is 14.0. The van der Waals surface area contributed by atoms with Gasteiger partial charge < -0.3 is 9.84 Å². The van der Waals surface area contributed by atoms with E-state index < -0.39 is 5.97 Å². The zero-order valence-electron chi connectivity index (χ0n) is 11.5. The summed E-state index contributed by atoms with van der Waals surface area (Å²) >= 11 is 0. The zero-order valence-corrected chi connectivity index (χ0v) is 11.5. The lowest BCUT2D eigenvalue weighted by molar-refractivity contribution is -0.138. The first-order valence-electron chi connectivity index (χ1n) is 6.71. The minimum absolute atomic E-state index is 0.0474. The van der Waals surface area contributed by atoms with Crippen LogP contribution in [0.1, 0.15) is 30.6 Å². The van der Waals surface area contributed by atoms with Gasteiger partial charge in [-0.3, -0.25) is 9.69 Å². The van der Waals surface area contributed by atoms with Gasteiger partial charge in [0, 0.05) is 19.1 Å². The Morgan fingerprint density at radius 1 is 1.47 bits per heavy atom. The number of carboxylic acids is 1. The van der Waals surface area contributed by atoms with Gasteiger partial charge in [-0.05, 0) is 25.0 Å². The van der Waals surface area contributed by atoms with Crippen molar-refractivity contribution in [3.05, 3.63) is 35.4 Å². The molecule has 0 radical (unpaired) electrons. The third-order valence-corrected chi connectivity index (χ3v) is 3.71. The number of carbonyl (C=O) groups is 1. The fraction of sp³-hybridized carbons (Fsp3) is 0.533. The van der Waals surface area contributed by atoms with Crippen molar-refractivity contribution in [3.8, 4) is 0 Å². The van der Waals surface area contributed by atoms with E-state index in [1.807, 2.05) is 12.1 Å². The maximum atomic E-state index is 10.7. The van der Waals surface area contributed by atoms with Crippen LogP contribution in [0.2, 0.25) is 0 Å². The van der Waals surface area contributed by atoms with E-state index in [0.717, 1.165) is 6.54 Å². The van der Waals surface area contributed by atoms with Crippen molar-refractivity contribution in [1.29, 1.82) is 0 Å². The van der Waals surface area contributed by atoms with Crippen LogP contribution in [0.15, 0.2) is 24.3 Å². The van der Waals surface area contributed by atoms with Crippen LogP contribution in [0, 0.1) is 6.92 Å². The van der Waals surface area contributed by atoms with Gasteiger partial charge >= 0.3 is 5.97 Å². The molecular weight excluding hydrogens is 242 g/mol. The molecule has 1 heterocycles. The SMILES string of the molecule is Cc1ccccc1[C@@H]1CN(CCC(=O)O)[C@@H](C)CO1. The van der Waals surface area contributed by atoms with E-state index in [1.165, 1.54) is 11.1 Å². The second kappa shape index (κ2) is 6.17. The van der Waals surface area contributed by atoms with E-state index in [1.54, 1.807) is 0 Å². The lowest BCUT2D eigenvalue weighted by Crippen LogP contribution is -2.45. The highest BCUT2D eigenvalue weighted by Gasteiger charge is 2.27. The highest BCUT2D eigenvalue weighted by molar-refractivity contribution is 5.66. The van der Waals surface area contributed by atoms with Crippen LogP contribution < -0.4 is 0 Å². The number of nitrogens with zero attached hydrogens (tertiary/aromatic N) is 1. The number of hydrogen-bond donors (Lipinski definition) is 1. The predicted molar refractivity (Wildman–Crippen MR) is 73.2 cm³/mol. The van der Waals surface area contributed by atoms with Crippen molar-refractivity contribution in [2.75, 3.05) is 19.7 Å². The molecule has 0 aliphatic carbocycles. The summed E-state index contributed by atoms with van der Waals surface area (Å²) in [5.41, 5.74) is 2.43. The van der Waals surface area contributed by atoms with Crippen molar-refractivity contribution in [3.63, 3.8) is 0 Å². The largest absolute Gasteiger partial charge is 0.481 e. The molecule has 19 heavy (non-hydrogen) atoms. The molecule has 0 spiro atoms. The molecule has 1 N–H and O–H groups in total. The van der Waals surface area contributed by atoms with Crippen LogP contribution >= 0.6 is 0 Å². The highest BCUT2D eigenvalue weighted by atomic mass is 16.5. The van der Waals surface area contributed by atoms with Gasteiger partial charge in [-0.15, -0.1) is 0 Å². The first-order chi connectivity index (χ1) is 9.08. The van der Waals surface area contributed by atoms with Crippen LogP contribution in [0.5, 0.6) is 0 Å². The molecule has 0 bridgehead atoms. The van der Waals surface area contributed by atoms with Gasteiger partial charge in [-0.25, -0.2) is 0 Å². The number of aryl methyl sites for hydroxylation is 1. The second-order valence-electron chi connectivity index (χ2n) is 5.17. The molecule has 0 unspecified atom stereocenters. The summed E-state index contributed by atoms with van der Waals surface area (Å²) in [6.07, 6.45) is 0.233. The summed E-state index contributed by atoms with van der Waals surface area (Å²) in [5.74, 6) is -0.744. The summed E-state index contributed by atoms with van der Waals surface area (Å²) < 4.78 is 5.91. The summed E-state index contributed by atoms with van der Waals surface area (Å²) in [5, 5.41) is 8.80. The van der Waals surface area contributed by atoms with Crippen LogP contribution in [-0.2, 0) is 9.53 Å². The Bertz CT molecular complexity index is 447. The standard InChI is InChI=1S/C15H21NO3/c1-11-5-3-4-6-13(11)14-9-16(8-7-15(17)18)12(2)10-19-14/h3-6,12,14H,7-10H2,1-2H3,(H,17,18)/t12-,14-/m0/s1. The highest BCUT2D eigenvalue weighted by Crippen LogP contribution is 2.27. The summed E-state index contributed by atoms with van der Waals surface area (Å²) in [6.45, 7) is 6.16. The van der Waals surface area contributed by atoms with E-state index in [4.69, 9.17) is 9.84 Å². The lowest BCUT2D eigenvalue weighted by atomic mass is 10.0. The number of rotatable bonds is 4. The smallest absolute Gasteiger partial charge is 0.304 e. The Morgan fingerprint density at radius 3 is 2.89 bits per heavy atom. The summed E-state index contributed by atoms with van der Waals surface area (Å²) in [4.78, 5) is 12.9. The molecule has 0 aromatic heterocycles. The third kappa shape index (κ3) is 3.55. The van der Waals surface area contributed by atoms with Crippen LogP contribution in [0.3, 0.4) is 0 Å². The van der Waals surface area contributed by atoms with Gasteiger partial charge in [-0.1, -0.05) is 24.3 Å². The normalized spacial score (nSPS) is 24.3. The molecule has 1 aromatic rings. The fourth-order valence-corrected chi connectivity index (χ4v) is 2.49. The monoisotopic (exact) mass is 263 g/mol. The second-order valence-corrected chi connectivity index (χ2v) is 5.17. The van der Waals surface area contributed by atoms with Crippen LogP contribution in [0.25, 0.3) is 0 Å². The number of benzene rings is 1. The number of hydrogen-bond acceptors (Lipinski definition) is 3. The predicted octanol–water partition coefficient (Wildman–Crippen LogP) is 2.23. The molecule has 0 saturated carbocycles. The van der Waals surface area contributed by atoms with Gasteiger partial charge in [0.15, 0.2) is 0 Å². The van der Waals surface area contributed by atoms with Gasteiger partial charge in [0.25, 0.3) is 0 Å². The number of carboxylic acid groups (broad SMARTS) is 1. The molecular formula is C15H21NO3. The molecule has 0 amide bonds. The lowest BCUT2D eigenvalue weighted by Gasteiger charge is -2.38. The van der Waals surface area contributed by atoms with Gasteiger partial charge in [0.2, 0.25) is 0 Å². The maximum Gasteiger partial charge on any atom is 0.304 e. The minimum Gasteiger partial charge on any atom is -0.481 e. The average molecular weight is 263 g/mol. The van der Waals surface area contributed by atoms with Crippen molar-refractivity contribution >= 4 is 5.97 Å². The Kier molecular flexibility index (Phi) is 4.56. The van der Waals surface area contributed by atoms with Crippen molar-refractivity contribution < 1.29 is 14.6 Å². The molecule has 1 fully saturated rings. The van der Waals surface area contributed by atoms with E-state index in [-0.39, 0.29) is 18.6 Å². The van der Waals surface area contributed by atoms with Gasteiger partial charge in [-0.2, -0.15) is 0 Å². The fourth-order valence-electron chi connectivity index (χ4n) is 2.49. The van der Waals surface area contributed by atoms with Crippen molar-refractivity contribution in [1.82, 2.24) is 4.90 Å². The molecule has 104 valence electrons. The van der Waals surface area contributed by atoms with Crippen molar-refractivity contribution in [2.24, 2.45) is 0 Å². The molecule has 2 atom stereocenters. The van der Waals surface area contributed by atoms with E-state index in [9.17, 15) is 4.79 Å². The Balaban J connectivity index is 2.04. The topological polar surface area (TPSA) is 49.8 Å². The molecule has 2 rings (SSSR count). The van der Waals surface area contributed by atoms with E-state index >= 15 is 0 Å². The number of aliphatic carboxylic acids is 1. The number of ether oxygens (including phenoxy) is 1. The van der Waals surface area contributed by atoms with Crippen LogP contribution in [-0.4, -0.2) is 41.7 Å². The third-order valence-electron chi connectivity index (χ3n) is 3.71. The van der Waals surface area contributed by atoms with E-state index in [2.05, 4.69) is 30.9 Å². The van der Waals surface area contributed by atoms with Gasteiger partial charge in [0.05, 0.1) is 19.1 Å². The maximum absolute atomic E-state index is 10.7. The van der Waals surface area contributed by atoms with Crippen molar-refractivity contribution in [2.45, 2.75) is 32.4 Å². The Labute approximate surface area is 114 Å². The number of morpholine rings is 1. The molecule has 4 nitrogen and oxygen atoms in total. The summed E-state index contributed by atoms with van der Waals surface area (Å²) in [7, 11) is 0. The minimum atomic E-state index is -0.744. The van der Waals surface area contributed by atoms with Crippen LogP contribution in [0.4, 0.5) is 0 Å². The average Bonchev–Trinajstić information content (AvgIpc) is 2.38. The van der Waals surface area contributed by atoms with Gasteiger partial charge in [0.1, 0.15) is 0 Å².